The summed E-state index contributed by atoms with van der Waals surface area (Å²) >= 11 is 3.53. The van der Waals surface area contributed by atoms with Gasteiger partial charge in [0.2, 0.25) is 0 Å². The fourth-order valence-corrected chi connectivity index (χ4v) is 5.50. The Hall–Kier alpha value is -3.84. The summed E-state index contributed by atoms with van der Waals surface area (Å²) in [6.07, 6.45) is 4.91. The molecule has 0 fully saturated rings. The van der Waals surface area contributed by atoms with Crippen molar-refractivity contribution >= 4 is 27.6 Å². The van der Waals surface area contributed by atoms with E-state index in [1.165, 1.54) is 0 Å². The number of rotatable bonds is 10. The van der Waals surface area contributed by atoms with Crippen LogP contribution in [-0.2, 0) is 4.79 Å². The Kier molecular flexibility index (Phi) is 8.17. The van der Waals surface area contributed by atoms with Crippen molar-refractivity contribution in [3.8, 4) is 0 Å². The number of Topliss-reactive ketones (excluding diaryl/α,β-unsaturated/α-hetero) is 1. The van der Waals surface area contributed by atoms with Gasteiger partial charge in [0.15, 0.2) is 5.78 Å². The van der Waals surface area contributed by atoms with Gasteiger partial charge in [-0.2, -0.15) is 0 Å². The maximum Gasteiger partial charge on any atom is 0.271 e. The van der Waals surface area contributed by atoms with Crippen molar-refractivity contribution in [2.24, 2.45) is 0 Å². The lowest BCUT2D eigenvalue weighted by atomic mass is 9.92. The first-order valence-electron chi connectivity index (χ1n) is 13.3. The third kappa shape index (κ3) is 5.93. The van der Waals surface area contributed by atoms with E-state index in [4.69, 9.17) is 0 Å². The monoisotopic (exact) mass is 584 g/mol. The Balaban J connectivity index is 1.53. The third-order valence-electron chi connectivity index (χ3n) is 7.24. The number of nitrogens with zero attached hydrogens (tertiary/aromatic N) is 3. The van der Waals surface area contributed by atoms with Crippen LogP contribution in [0.2, 0.25) is 0 Å². The van der Waals surface area contributed by atoms with Gasteiger partial charge in [0.25, 0.3) is 5.91 Å². The molecule has 0 spiro atoms. The summed E-state index contributed by atoms with van der Waals surface area (Å²) < 4.78 is 0.947. The SMILES string of the molecule is C[C@@H](NC1=C(C(=O)c2ccccc2)[C@@H](c2ccc(Br)cc2)N(CCCN2C=CN(C)C2)C1=O)c1ccccc1. The van der Waals surface area contributed by atoms with Gasteiger partial charge < -0.3 is 20.0 Å². The number of carbonyl (C=O) groups excluding carboxylic acids is 2. The zero-order chi connectivity index (χ0) is 27.4. The molecule has 200 valence electrons. The maximum atomic E-state index is 14.2. The van der Waals surface area contributed by atoms with Crippen LogP contribution in [0.3, 0.4) is 0 Å². The van der Waals surface area contributed by atoms with Crippen LogP contribution in [0, 0.1) is 0 Å². The van der Waals surface area contributed by atoms with Crippen LogP contribution in [0.1, 0.15) is 46.9 Å². The standard InChI is InChI=1S/C32H33BrN4O2/c1-23(24-10-5-3-6-11-24)34-29-28(31(38)26-12-7-4-8-13-26)30(25-14-16-27(33)17-15-25)37(32(29)39)19-9-18-36-21-20-35(2)22-36/h3-8,10-17,20-21,23,30,34H,9,18-19,22H2,1-2H3/t23-,30-/m1/s1. The predicted octanol–water partition coefficient (Wildman–Crippen LogP) is 5.89. The molecular weight excluding hydrogens is 552 g/mol. The molecule has 0 saturated heterocycles. The van der Waals surface area contributed by atoms with Crippen molar-refractivity contribution in [3.05, 3.63) is 130 Å². The molecule has 3 aromatic carbocycles. The van der Waals surface area contributed by atoms with E-state index in [0.717, 1.165) is 35.2 Å². The van der Waals surface area contributed by atoms with Crippen molar-refractivity contribution in [1.82, 2.24) is 20.0 Å². The number of nitrogens with one attached hydrogen (secondary N) is 1. The molecule has 1 amide bonds. The van der Waals surface area contributed by atoms with E-state index in [2.05, 4.69) is 43.4 Å². The minimum atomic E-state index is -0.486. The summed E-state index contributed by atoms with van der Waals surface area (Å²) in [4.78, 5) is 34.5. The maximum absolute atomic E-state index is 14.2. The predicted molar refractivity (Wildman–Crippen MR) is 157 cm³/mol. The first-order valence-corrected chi connectivity index (χ1v) is 14.1. The average Bonchev–Trinajstić information content (AvgIpc) is 3.50. The lowest BCUT2D eigenvalue weighted by Crippen LogP contribution is -2.35. The number of halogens is 1. The molecule has 0 aromatic heterocycles. The fourth-order valence-electron chi connectivity index (χ4n) is 5.23. The number of carbonyl (C=O) groups is 2. The van der Waals surface area contributed by atoms with Gasteiger partial charge >= 0.3 is 0 Å². The first kappa shape index (κ1) is 26.8. The summed E-state index contributed by atoms with van der Waals surface area (Å²) in [6.45, 7) is 4.21. The normalized spacial score (nSPS) is 17.8. The zero-order valence-electron chi connectivity index (χ0n) is 22.3. The molecule has 1 N–H and O–H groups in total. The van der Waals surface area contributed by atoms with Crippen LogP contribution in [0.15, 0.2) is 113 Å². The average molecular weight is 586 g/mol. The molecule has 0 unspecified atom stereocenters. The van der Waals surface area contributed by atoms with Gasteiger partial charge in [0.1, 0.15) is 5.70 Å². The van der Waals surface area contributed by atoms with E-state index >= 15 is 0 Å². The second-order valence-electron chi connectivity index (χ2n) is 10.1. The summed E-state index contributed by atoms with van der Waals surface area (Å²) in [5.74, 6) is -0.273. The van der Waals surface area contributed by atoms with E-state index < -0.39 is 6.04 Å². The molecular formula is C32H33BrN4O2. The van der Waals surface area contributed by atoms with Gasteiger partial charge in [0.05, 0.1) is 18.3 Å². The van der Waals surface area contributed by atoms with Gasteiger partial charge in [-0.25, -0.2) is 0 Å². The highest BCUT2D eigenvalue weighted by atomic mass is 79.9. The molecule has 7 heteroatoms. The summed E-state index contributed by atoms with van der Waals surface area (Å²) in [5, 5.41) is 3.45. The Morgan fingerprint density at radius 1 is 0.949 bits per heavy atom. The molecule has 0 bridgehead atoms. The molecule has 0 radical (unpaired) electrons. The van der Waals surface area contributed by atoms with Crippen LogP contribution in [0.4, 0.5) is 0 Å². The Morgan fingerprint density at radius 3 is 2.26 bits per heavy atom. The van der Waals surface area contributed by atoms with Gasteiger partial charge in [-0.05, 0) is 36.6 Å². The van der Waals surface area contributed by atoms with Gasteiger partial charge in [-0.3, -0.25) is 9.59 Å². The highest BCUT2D eigenvalue weighted by Crippen LogP contribution is 2.40. The van der Waals surface area contributed by atoms with Crippen LogP contribution >= 0.6 is 15.9 Å². The van der Waals surface area contributed by atoms with Crippen LogP contribution in [-0.4, -0.2) is 53.2 Å². The highest BCUT2D eigenvalue weighted by Gasteiger charge is 2.43. The molecule has 0 saturated carbocycles. The quantitative estimate of drug-likeness (QED) is 0.301. The molecule has 3 aromatic rings. The van der Waals surface area contributed by atoms with Crippen molar-refractivity contribution in [2.45, 2.75) is 25.4 Å². The lowest BCUT2D eigenvalue weighted by Gasteiger charge is -2.28. The van der Waals surface area contributed by atoms with Gasteiger partial charge in [-0.15, -0.1) is 0 Å². The van der Waals surface area contributed by atoms with Crippen LogP contribution < -0.4 is 5.32 Å². The van der Waals surface area contributed by atoms with Crippen LogP contribution in [0.25, 0.3) is 0 Å². The number of hydrogen-bond donors (Lipinski definition) is 1. The first-order chi connectivity index (χ1) is 18.9. The number of amides is 1. The van der Waals surface area contributed by atoms with Gasteiger partial charge in [-0.1, -0.05) is 88.7 Å². The number of ketones is 1. The zero-order valence-corrected chi connectivity index (χ0v) is 23.8. The lowest BCUT2D eigenvalue weighted by molar-refractivity contribution is -0.127. The molecule has 39 heavy (non-hydrogen) atoms. The highest BCUT2D eigenvalue weighted by molar-refractivity contribution is 9.10. The second-order valence-corrected chi connectivity index (χ2v) is 11.0. The minimum absolute atomic E-state index is 0.133. The topological polar surface area (TPSA) is 55.9 Å². The molecule has 2 aliphatic rings. The van der Waals surface area contributed by atoms with E-state index in [1.807, 2.05) is 104 Å². The largest absolute Gasteiger partial charge is 0.374 e. The Morgan fingerprint density at radius 2 is 1.62 bits per heavy atom. The second kappa shape index (κ2) is 11.9. The van der Waals surface area contributed by atoms with Crippen molar-refractivity contribution < 1.29 is 9.59 Å². The summed E-state index contributed by atoms with van der Waals surface area (Å²) in [6, 6.07) is 26.5. The molecule has 2 atom stereocenters. The van der Waals surface area contributed by atoms with Crippen molar-refractivity contribution in [2.75, 3.05) is 26.8 Å². The van der Waals surface area contributed by atoms with Crippen molar-refractivity contribution in [1.29, 1.82) is 0 Å². The van der Waals surface area contributed by atoms with Crippen molar-refractivity contribution in [3.63, 3.8) is 0 Å². The molecule has 0 aliphatic carbocycles. The molecule has 2 heterocycles. The summed E-state index contributed by atoms with van der Waals surface area (Å²) in [5.41, 5.74) is 3.41. The molecule has 6 nitrogen and oxygen atoms in total. The van der Waals surface area contributed by atoms with Gasteiger partial charge in [0, 0.05) is 48.6 Å². The van der Waals surface area contributed by atoms with E-state index in [1.54, 1.807) is 0 Å². The number of hydrogen-bond acceptors (Lipinski definition) is 5. The Bertz CT molecular complexity index is 1370. The minimum Gasteiger partial charge on any atom is -0.374 e. The van der Waals surface area contributed by atoms with E-state index in [0.29, 0.717) is 23.4 Å². The van der Waals surface area contributed by atoms with E-state index in [9.17, 15) is 9.59 Å². The Labute approximate surface area is 238 Å². The third-order valence-corrected chi connectivity index (χ3v) is 7.77. The fraction of sp³-hybridized carbons (Fsp3) is 0.250. The smallest absolute Gasteiger partial charge is 0.271 e. The van der Waals surface area contributed by atoms with E-state index in [-0.39, 0.29) is 17.7 Å². The van der Waals surface area contributed by atoms with Crippen LogP contribution in [0.5, 0.6) is 0 Å². The molecule has 2 aliphatic heterocycles. The molecule has 5 rings (SSSR count). The number of benzene rings is 3. The summed E-state index contributed by atoms with van der Waals surface area (Å²) in [7, 11) is 2.04.